The van der Waals surface area contributed by atoms with E-state index in [9.17, 15) is 8.42 Å². The number of sulfonamides is 1. The van der Waals surface area contributed by atoms with Crippen molar-refractivity contribution in [1.82, 2.24) is 10.2 Å². The summed E-state index contributed by atoms with van der Waals surface area (Å²) in [5.41, 5.74) is 3.78. The predicted octanol–water partition coefficient (Wildman–Crippen LogP) is 3.95. The molecule has 8 heteroatoms. The van der Waals surface area contributed by atoms with E-state index in [1.165, 1.54) is 13.2 Å². The molecule has 7 nitrogen and oxygen atoms in total. The first kappa shape index (κ1) is 19.6. The fraction of sp³-hybridized carbons (Fsp3) is 0.200. The molecule has 0 spiro atoms. The van der Waals surface area contributed by atoms with Gasteiger partial charge in [0.1, 0.15) is 5.75 Å². The number of methoxy groups -OCH3 is 1. The van der Waals surface area contributed by atoms with Gasteiger partial charge in [0.15, 0.2) is 11.6 Å². The Balaban J connectivity index is 1.77. The third-order valence-electron chi connectivity index (χ3n) is 4.44. The van der Waals surface area contributed by atoms with Gasteiger partial charge in [-0.25, -0.2) is 8.42 Å². The number of hydrogen-bond acceptors (Lipinski definition) is 6. The molecule has 0 aliphatic heterocycles. The Morgan fingerprint density at radius 2 is 1.61 bits per heavy atom. The van der Waals surface area contributed by atoms with Gasteiger partial charge in [-0.1, -0.05) is 12.1 Å². The maximum absolute atomic E-state index is 12.6. The van der Waals surface area contributed by atoms with E-state index in [2.05, 4.69) is 20.2 Å². The van der Waals surface area contributed by atoms with Gasteiger partial charge in [-0.05, 0) is 73.9 Å². The summed E-state index contributed by atoms with van der Waals surface area (Å²) in [6.45, 7) is 5.76. The molecule has 0 unspecified atom stereocenters. The Morgan fingerprint density at radius 1 is 0.893 bits per heavy atom. The van der Waals surface area contributed by atoms with Crippen LogP contribution in [0, 0.1) is 20.8 Å². The second-order valence-corrected chi connectivity index (χ2v) is 8.06. The molecule has 0 saturated carbocycles. The number of hydrogen-bond donors (Lipinski definition) is 2. The first-order chi connectivity index (χ1) is 13.3. The number of aryl methyl sites for hydroxylation is 2. The van der Waals surface area contributed by atoms with Gasteiger partial charge in [0.2, 0.25) is 0 Å². The minimum atomic E-state index is -3.78. The van der Waals surface area contributed by atoms with Crippen LogP contribution in [0.1, 0.15) is 16.7 Å². The summed E-state index contributed by atoms with van der Waals surface area (Å²) in [6.07, 6.45) is 0. The average molecular weight is 398 g/mol. The van der Waals surface area contributed by atoms with Crippen molar-refractivity contribution in [3.8, 4) is 5.75 Å². The lowest BCUT2D eigenvalue weighted by Gasteiger charge is -2.12. The Labute approximate surface area is 164 Å². The molecule has 0 atom stereocenters. The van der Waals surface area contributed by atoms with Crippen LogP contribution >= 0.6 is 0 Å². The van der Waals surface area contributed by atoms with E-state index >= 15 is 0 Å². The second-order valence-electron chi connectivity index (χ2n) is 6.41. The number of nitrogens with zero attached hydrogens (tertiary/aromatic N) is 2. The summed E-state index contributed by atoms with van der Waals surface area (Å²) in [4.78, 5) is 0.160. The van der Waals surface area contributed by atoms with Crippen molar-refractivity contribution < 1.29 is 13.2 Å². The summed E-state index contributed by atoms with van der Waals surface area (Å²) >= 11 is 0. The summed E-state index contributed by atoms with van der Waals surface area (Å²) in [6, 6.07) is 13.9. The fourth-order valence-electron chi connectivity index (χ4n) is 2.72. The first-order valence-corrected chi connectivity index (χ1v) is 10.1. The lowest BCUT2D eigenvalue weighted by molar-refractivity contribution is 0.414. The highest BCUT2D eigenvalue weighted by atomic mass is 32.2. The number of rotatable bonds is 6. The maximum Gasteiger partial charge on any atom is 0.263 e. The van der Waals surface area contributed by atoms with Crippen LogP contribution in [0.5, 0.6) is 5.75 Å². The monoisotopic (exact) mass is 398 g/mol. The molecule has 0 saturated heterocycles. The lowest BCUT2D eigenvalue weighted by atomic mass is 10.1. The topological polar surface area (TPSA) is 93.2 Å². The zero-order chi connectivity index (χ0) is 20.3. The van der Waals surface area contributed by atoms with Crippen molar-refractivity contribution in [2.75, 3.05) is 17.1 Å². The van der Waals surface area contributed by atoms with Gasteiger partial charge in [0.05, 0.1) is 12.0 Å². The molecule has 1 aromatic heterocycles. The smallest absolute Gasteiger partial charge is 0.263 e. The summed E-state index contributed by atoms with van der Waals surface area (Å²) in [7, 11) is -2.25. The number of ether oxygens (including phenoxy) is 1. The van der Waals surface area contributed by atoms with Gasteiger partial charge >= 0.3 is 0 Å². The third kappa shape index (κ3) is 4.23. The van der Waals surface area contributed by atoms with E-state index < -0.39 is 10.0 Å². The molecule has 2 N–H and O–H groups in total. The Bertz CT molecular complexity index is 1100. The average Bonchev–Trinajstić information content (AvgIpc) is 2.66. The summed E-state index contributed by atoms with van der Waals surface area (Å²) < 4.78 is 32.9. The molecule has 0 radical (unpaired) electrons. The second kappa shape index (κ2) is 7.85. The minimum Gasteiger partial charge on any atom is -0.497 e. The zero-order valence-electron chi connectivity index (χ0n) is 16.1. The van der Waals surface area contributed by atoms with E-state index in [1.54, 1.807) is 31.2 Å². The van der Waals surface area contributed by atoms with Gasteiger partial charge < -0.3 is 10.1 Å². The Morgan fingerprint density at radius 3 is 2.25 bits per heavy atom. The van der Waals surface area contributed by atoms with Crippen molar-refractivity contribution in [1.29, 1.82) is 0 Å². The lowest BCUT2D eigenvalue weighted by Crippen LogP contribution is -2.15. The molecule has 146 valence electrons. The van der Waals surface area contributed by atoms with Crippen molar-refractivity contribution >= 4 is 27.3 Å². The molecule has 3 rings (SSSR count). The first-order valence-electron chi connectivity index (χ1n) is 8.64. The van der Waals surface area contributed by atoms with E-state index in [4.69, 9.17) is 4.74 Å². The number of benzene rings is 2. The van der Waals surface area contributed by atoms with Crippen molar-refractivity contribution in [3.63, 3.8) is 0 Å². The molecule has 0 bridgehead atoms. The van der Waals surface area contributed by atoms with Gasteiger partial charge in [0, 0.05) is 5.69 Å². The standard InChI is InChI=1S/C20H22N4O3S/c1-13-6-5-7-17(15(13)3)21-19-10-11-20(23-22-19)24-28(25,26)18-9-8-16(27-4)12-14(18)2/h5-12H,1-4H3,(H,21,22)(H,23,24). The SMILES string of the molecule is COc1ccc(S(=O)(=O)Nc2ccc(Nc3cccc(C)c3C)nn2)c(C)c1. The van der Waals surface area contributed by atoms with Gasteiger partial charge in [-0.15, -0.1) is 10.2 Å². The molecule has 0 fully saturated rings. The summed E-state index contributed by atoms with van der Waals surface area (Å²) in [5, 5.41) is 11.2. The van der Waals surface area contributed by atoms with E-state index in [0.29, 0.717) is 17.1 Å². The highest BCUT2D eigenvalue weighted by Crippen LogP contribution is 2.24. The normalized spacial score (nSPS) is 11.1. The van der Waals surface area contributed by atoms with Crippen LogP contribution in [0.2, 0.25) is 0 Å². The largest absolute Gasteiger partial charge is 0.497 e. The number of nitrogens with one attached hydrogen (secondary N) is 2. The molecule has 0 aliphatic rings. The van der Waals surface area contributed by atoms with E-state index in [-0.39, 0.29) is 10.7 Å². The predicted molar refractivity (Wildman–Crippen MR) is 110 cm³/mol. The molecule has 3 aromatic rings. The summed E-state index contributed by atoms with van der Waals surface area (Å²) in [5.74, 6) is 1.26. The molecular formula is C20H22N4O3S. The molecule has 0 aliphatic carbocycles. The van der Waals surface area contributed by atoms with Crippen LogP contribution in [-0.4, -0.2) is 25.7 Å². The fourth-order valence-corrected chi connectivity index (χ4v) is 3.95. The molecule has 28 heavy (non-hydrogen) atoms. The number of aromatic nitrogens is 2. The maximum atomic E-state index is 12.6. The van der Waals surface area contributed by atoms with Gasteiger partial charge in [-0.3, -0.25) is 4.72 Å². The quantitative estimate of drug-likeness (QED) is 0.653. The molecule has 0 amide bonds. The molecular weight excluding hydrogens is 376 g/mol. The van der Waals surface area contributed by atoms with Crippen molar-refractivity contribution in [2.24, 2.45) is 0 Å². The van der Waals surface area contributed by atoms with E-state index in [1.807, 2.05) is 32.0 Å². The third-order valence-corrected chi connectivity index (χ3v) is 5.96. The van der Waals surface area contributed by atoms with Crippen molar-refractivity contribution in [3.05, 3.63) is 65.2 Å². The van der Waals surface area contributed by atoms with Crippen LogP contribution in [0.3, 0.4) is 0 Å². The van der Waals surface area contributed by atoms with E-state index in [0.717, 1.165) is 16.8 Å². The Hall–Kier alpha value is -3.13. The Kier molecular flexibility index (Phi) is 5.51. The van der Waals surface area contributed by atoms with Gasteiger partial charge in [-0.2, -0.15) is 0 Å². The number of anilines is 3. The molecule has 1 heterocycles. The van der Waals surface area contributed by atoms with Crippen LogP contribution in [0.4, 0.5) is 17.3 Å². The minimum absolute atomic E-state index is 0.140. The van der Waals surface area contributed by atoms with Gasteiger partial charge in [0.25, 0.3) is 10.0 Å². The highest BCUT2D eigenvalue weighted by Gasteiger charge is 2.18. The van der Waals surface area contributed by atoms with Crippen LogP contribution < -0.4 is 14.8 Å². The molecule has 2 aromatic carbocycles. The van der Waals surface area contributed by atoms with Crippen molar-refractivity contribution in [2.45, 2.75) is 25.7 Å². The van der Waals surface area contributed by atoms with Crippen LogP contribution in [0.25, 0.3) is 0 Å². The highest BCUT2D eigenvalue weighted by molar-refractivity contribution is 7.92. The van der Waals surface area contributed by atoms with Crippen LogP contribution in [-0.2, 0) is 10.0 Å². The zero-order valence-corrected chi connectivity index (χ0v) is 17.0. The van der Waals surface area contributed by atoms with Crippen LogP contribution in [0.15, 0.2) is 53.4 Å².